The Morgan fingerprint density at radius 2 is 1.95 bits per heavy atom. The second-order valence-corrected chi connectivity index (χ2v) is 10.6. The van der Waals surface area contributed by atoms with E-state index in [2.05, 4.69) is 30.4 Å². The van der Waals surface area contributed by atoms with Gasteiger partial charge in [0, 0.05) is 48.6 Å². The Morgan fingerprint density at radius 1 is 1.17 bits per heavy atom. The van der Waals surface area contributed by atoms with Gasteiger partial charge < -0.3 is 15.6 Å². The number of fused-ring (bicyclic) bond motifs is 3. The Balaban J connectivity index is 1.28. The number of carbonyl (C=O) groups is 2. The molecule has 0 radical (unpaired) electrons. The predicted octanol–water partition coefficient (Wildman–Crippen LogP) is 2.78. The Bertz CT molecular complexity index is 1810. The van der Waals surface area contributed by atoms with Gasteiger partial charge in [0.15, 0.2) is 17.2 Å². The fourth-order valence-corrected chi connectivity index (χ4v) is 6.37. The first kappa shape index (κ1) is 25.0. The summed E-state index contributed by atoms with van der Waals surface area (Å²) in [6, 6.07) is 3.00. The third-order valence-corrected chi connectivity index (χ3v) is 8.14. The number of aryl methyl sites for hydroxylation is 1. The van der Waals surface area contributed by atoms with E-state index in [0.29, 0.717) is 46.6 Å². The molecule has 41 heavy (non-hydrogen) atoms. The van der Waals surface area contributed by atoms with E-state index < -0.39 is 5.82 Å². The van der Waals surface area contributed by atoms with Crippen molar-refractivity contribution in [1.29, 1.82) is 0 Å². The van der Waals surface area contributed by atoms with Gasteiger partial charge in [0.05, 0.1) is 17.5 Å². The maximum Gasteiger partial charge on any atom is 0.292 e. The lowest BCUT2D eigenvalue weighted by Gasteiger charge is -2.38. The van der Waals surface area contributed by atoms with Crippen LogP contribution in [0.4, 0.5) is 10.2 Å². The number of piperidine rings is 1. The van der Waals surface area contributed by atoms with Crippen LogP contribution in [0.25, 0.3) is 28.2 Å². The van der Waals surface area contributed by atoms with Crippen LogP contribution in [0.2, 0.25) is 0 Å². The standard InChI is InChI=1S/C27H26FN11O2/c1-13(40)21-22(14-7-16-3-4-17(8-14)38(16)27(41)25-31-12-32-35-25)34-26-18(11-33-39(26)24(21)29)15-9-19(28)23(30-10-15)20-5-6-37(2)36-20/h5-6,9-12,14,16-17H,3-4,7-8,29H2,1-2H3,(H,31,32,35)/t14-,16+,17-. The normalized spacial score (nSPS) is 20.2. The number of ketones is 1. The van der Waals surface area contributed by atoms with Crippen LogP contribution >= 0.6 is 0 Å². The van der Waals surface area contributed by atoms with Crippen molar-refractivity contribution in [3.05, 3.63) is 59.9 Å². The molecule has 0 spiro atoms. The van der Waals surface area contributed by atoms with Gasteiger partial charge in [0.2, 0.25) is 5.82 Å². The monoisotopic (exact) mass is 555 g/mol. The van der Waals surface area contributed by atoms with Crippen molar-refractivity contribution in [3.8, 4) is 22.5 Å². The Morgan fingerprint density at radius 3 is 2.59 bits per heavy atom. The summed E-state index contributed by atoms with van der Waals surface area (Å²) in [5.41, 5.74) is 9.40. The summed E-state index contributed by atoms with van der Waals surface area (Å²) >= 11 is 0. The molecule has 5 aromatic heterocycles. The highest BCUT2D eigenvalue weighted by atomic mass is 19.1. The summed E-state index contributed by atoms with van der Waals surface area (Å²) in [5.74, 6) is -0.646. The molecule has 2 saturated heterocycles. The fourth-order valence-electron chi connectivity index (χ4n) is 6.37. The van der Waals surface area contributed by atoms with Gasteiger partial charge in [-0.05, 0) is 44.7 Å². The maximum absolute atomic E-state index is 15.2. The predicted molar refractivity (Wildman–Crippen MR) is 144 cm³/mol. The number of nitrogens with zero attached hydrogens (tertiary/aromatic N) is 9. The average Bonchev–Trinajstić information content (AvgIpc) is 3.75. The van der Waals surface area contributed by atoms with E-state index in [-0.39, 0.29) is 47.0 Å². The van der Waals surface area contributed by atoms with Gasteiger partial charge in [-0.3, -0.25) is 19.3 Å². The lowest BCUT2D eigenvalue weighted by atomic mass is 9.85. The maximum atomic E-state index is 15.2. The van der Waals surface area contributed by atoms with Crippen LogP contribution in [-0.4, -0.2) is 73.2 Å². The molecule has 0 aromatic carbocycles. The van der Waals surface area contributed by atoms with Gasteiger partial charge in [0.25, 0.3) is 5.91 Å². The number of nitrogen functional groups attached to an aromatic ring is 1. The summed E-state index contributed by atoms with van der Waals surface area (Å²) in [4.78, 5) is 40.0. The van der Waals surface area contributed by atoms with E-state index in [1.165, 1.54) is 23.8 Å². The molecule has 208 valence electrons. The molecule has 7 rings (SSSR count). The quantitative estimate of drug-likeness (QED) is 0.310. The number of hydrogen-bond donors (Lipinski definition) is 2. The van der Waals surface area contributed by atoms with Crippen LogP contribution in [0.5, 0.6) is 0 Å². The second kappa shape index (κ2) is 9.28. The minimum Gasteiger partial charge on any atom is -0.383 e. The Hall–Kier alpha value is -5.01. The lowest BCUT2D eigenvalue weighted by Crippen LogP contribution is -2.46. The molecule has 14 heteroatoms. The van der Waals surface area contributed by atoms with Crippen LogP contribution in [-0.2, 0) is 7.05 Å². The molecule has 0 unspecified atom stereocenters. The summed E-state index contributed by atoms with van der Waals surface area (Å²) in [6.07, 6.45) is 9.14. The topological polar surface area (TPSA) is 166 Å². The van der Waals surface area contributed by atoms with E-state index >= 15 is 4.39 Å². The number of nitrogens with two attached hydrogens (primary N) is 1. The van der Waals surface area contributed by atoms with Gasteiger partial charge >= 0.3 is 0 Å². The van der Waals surface area contributed by atoms with Crippen molar-refractivity contribution in [2.75, 3.05) is 5.73 Å². The molecular formula is C27H26FN11O2. The summed E-state index contributed by atoms with van der Waals surface area (Å²) < 4.78 is 18.2. The third kappa shape index (κ3) is 3.97. The van der Waals surface area contributed by atoms with Crippen molar-refractivity contribution in [2.24, 2.45) is 7.05 Å². The number of nitrogens with one attached hydrogen (secondary N) is 1. The SMILES string of the molecule is CC(=O)c1c([C@H]2C[C@H]3CC[C@@H](C2)N3C(=O)c2nnc[nH]2)nc2c(-c3cnc(-c4ccn(C)n4)c(F)c3)cnn2c1N. The zero-order valence-electron chi connectivity index (χ0n) is 22.3. The van der Waals surface area contributed by atoms with Gasteiger partial charge in [0.1, 0.15) is 23.5 Å². The highest BCUT2D eigenvalue weighted by molar-refractivity contribution is 6.00. The molecule has 2 aliphatic heterocycles. The van der Waals surface area contributed by atoms with Gasteiger partial charge in [-0.25, -0.2) is 9.37 Å². The number of Topliss-reactive ketones (excluding diaryl/α,β-unsaturated/α-hetero) is 1. The van der Waals surface area contributed by atoms with Crippen molar-refractivity contribution in [3.63, 3.8) is 0 Å². The van der Waals surface area contributed by atoms with Gasteiger partial charge in [-0.1, -0.05) is 0 Å². The van der Waals surface area contributed by atoms with E-state index in [4.69, 9.17) is 10.7 Å². The first-order valence-electron chi connectivity index (χ1n) is 13.3. The van der Waals surface area contributed by atoms with Crippen molar-refractivity contribution < 1.29 is 14.0 Å². The van der Waals surface area contributed by atoms with E-state index in [9.17, 15) is 9.59 Å². The molecule has 13 nitrogen and oxygen atoms in total. The van der Waals surface area contributed by atoms with E-state index in [1.807, 2.05) is 4.90 Å². The first-order valence-corrected chi connectivity index (χ1v) is 13.3. The summed E-state index contributed by atoms with van der Waals surface area (Å²) in [5, 5.41) is 16.3. The number of rotatable bonds is 5. The van der Waals surface area contributed by atoms with Crippen molar-refractivity contribution >= 4 is 23.2 Å². The molecule has 2 aliphatic rings. The zero-order valence-corrected chi connectivity index (χ0v) is 22.3. The molecule has 7 heterocycles. The fraction of sp³-hybridized carbons (Fsp3) is 0.333. The van der Waals surface area contributed by atoms with E-state index in [1.54, 1.807) is 36.4 Å². The van der Waals surface area contributed by atoms with Crippen molar-refractivity contribution in [2.45, 2.75) is 50.6 Å². The molecule has 0 saturated carbocycles. The number of aromatic amines is 1. The van der Waals surface area contributed by atoms with Gasteiger partial charge in [-0.15, -0.1) is 10.2 Å². The number of halogens is 1. The highest BCUT2D eigenvalue weighted by Gasteiger charge is 2.45. The van der Waals surface area contributed by atoms with Crippen molar-refractivity contribution in [1.82, 2.24) is 49.4 Å². The molecule has 1 amide bonds. The Kier molecular flexibility index (Phi) is 5.66. The molecule has 3 atom stereocenters. The molecule has 3 N–H and O–H groups in total. The van der Waals surface area contributed by atoms with Crippen LogP contribution in [0.15, 0.2) is 37.1 Å². The first-order chi connectivity index (χ1) is 19.8. The molecule has 2 fully saturated rings. The largest absolute Gasteiger partial charge is 0.383 e. The number of carbonyl (C=O) groups excluding carboxylic acids is 2. The number of aromatic nitrogens is 9. The minimum atomic E-state index is -0.533. The van der Waals surface area contributed by atoms with Crippen LogP contribution in [0.1, 0.15) is 65.2 Å². The molecule has 0 aliphatic carbocycles. The number of pyridine rings is 1. The third-order valence-electron chi connectivity index (χ3n) is 8.14. The molecule has 2 bridgehead atoms. The highest BCUT2D eigenvalue weighted by Crippen LogP contribution is 2.45. The smallest absolute Gasteiger partial charge is 0.292 e. The number of H-pyrrole nitrogens is 1. The number of amides is 1. The molecule has 5 aromatic rings. The molecular weight excluding hydrogens is 529 g/mol. The van der Waals surface area contributed by atoms with Crippen LogP contribution in [0.3, 0.4) is 0 Å². The minimum absolute atomic E-state index is 0.0303. The number of hydrogen-bond acceptors (Lipinski definition) is 9. The second-order valence-electron chi connectivity index (χ2n) is 10.6. The van der Waals surface area contributed by atoms with Crippen LogP contribution < -0.4 is 5.73 Å². The van der Waals surface area contributed by atoms with Crippen LogP contribution in [0, 0.1) is 5.82 Å². The zero-order chi connectivity index (χ0) is 28.4. The summed E-state index contributed by atoms with van der Waals surface area (Å²) in [6.45, 7) is 1.46. The Labute approximate surface area is 232 Å². The lowest BCUT2D eigenvalue weighted by molar-refractivity contribution is 0.0556. The average molecular weight is 556 g/mol. The van der Waals surface area contributed by atoms with Gasteiger partial charge in [-0.2, -0.15) is 14.7 Å². The number of anilines is 1. The van der Waals surface area contributed by atoms with E-state index in [0.717, 1.165) is 12.8 Å². The summed E-state index contributed by atoms with van der Waals surface area (Å²) in [7, 11) is 1.75.